The largest absolute Gasteiger partial charge is 0.319 e. The lowest BCUT2D eigenvalue weighted by Crippen LogP contribution is -2.51. The van der Waals surface area contributed by atoms with Gasteiger partial charge in [0.15, 0.2) is 0 Å². The topological polar surface area (TPSA) is 45.8 Å². The summed E-state index contributed by atoms with van der Waals surface area (Å²) in [6.07, 6.45) is 7.74. The highest BCUT2D eigenvalue weighted by atomic mass is 16.1. The summed E-state index contributed by atoms with van der Waals surface area (Å²) in [5.41, 5.74) is 2.75. The first-order valence-electron chi connectivity index (χ1n) is 8.21. The van der Waals surface area contributed by atoms with Crippen molar-refractivity contribution in [2.75, 3.05) is 0 Å². The zero-order valence-corrected chi connectivity index (χ0v) is 12.1. The quantitative estimate of drug-likeness (QED) is 0.870. The lowest BCUT2D eigenvalue weighted by molar-refractivity contribution is -0.00774. The minimum absolute atomic E-state index is 0.0515. The first kappa shape index (κ1) is 12.0. The van der Waals surface area contributed by atoms with Crippen molar-refractivity contribution in [3.05, 3.63) is 40.3 Å². The van der Waals surface area contributed by atoms with Gasteiger partial charge in [-0.2, -0.15) is 0 Å². The molecular weight excluding hydrogens is 260 g/mol. The third-order valence-corrected chi connectivity index (χ3v) is 6.14. The third kappa shape index (κ3) is 1.66. The van der Waals surface area contributed by atoms with Gasteiger partial charge in [-0.25, -0.2) is 4.98 Å². The first-order valence-corrected chi connectivity index (χ1v) is 8.21. The molecule has 1 heterocycles. The molecule has 4 fully saturated rings. The van der Waals surface area contributed by atoms with Crippen LogP contribution in [0.4, 0.5) is 0 Å². The summed E-state index contributed by atoms with van der Waals surface area (Å²) in [7, 11) is 0. The molecule has 108 valence electrons. The van der Waals surface area contributed by atoms with Gasteiger partial charge in [0, 0.05) is 5.41 Å². The van der Waals surface area contributed by atoms with Crippen LogP contribution in [0.25, 0.3) is 11.0 Å². The van der Waals surface area contributed by atoms with Crippen LogP contribution in [0.15, 0.2) is 29.1 Å². The second kappa shape index (κ2) is 3.96. The highest BCUT2D eigenvalue weighted by molar-refractivity contribution is 5.73. The molecular formula is C18H20N2O. The van der Waals surface area contributed by atoms with Gasteiger partial charge in [0.25, 0.3) is 5.56 Å². The molecule has 3 nitrogen and oxygen atoms in total. The van der Waals surface area contributed by atoms with E-state index in [1.807, 2.05) is 24.3 Å². The first-order chi connectivity index (χ1) is 10.2. The normalized spacial score (nSPS) is 37.2. The fourth-order valence-electron chi connectivity index (χ4n) is 5.79. The summed E-state index contributed by atoms with van der Waals surface area (Å²) in [5, 5.41) is 0. The van der Waals surface area contributed by atoms with Crippen LogP contribution in [-0.4, -0.2) is 9.97 Å². The van der Waals surface area contributed by atoms with Crippen LogP contribution in [-0.2, 0) is 5.41 Å². The van der Waals surface area contributed by atoms with E-state index in [0.29, 0.717) is 0 Å². The van der Waals surface area contributed by atoms with Crippen molar-refractivity contribution < 1.29 is 0 Å². The predicted molar refractivity (Wildman–Crippen MR) is 82.2 cm³/mol. The van der Waals surface area contributed by atoms with Crippen LogP contribution in [0.5, 0.6) is 0 Å². The van der Waals surface area contributed by atoms with Gasteiger partial charge >= 0.3 is 0 Å². The van der Waals surface area contributed by atoms with Gasteiger partial charge in [0.05, 0.1) is 11.0 Å². The molecule has 4 aliphatic carbocycles. The highest BCUT2D eigenvalue weighted by Gasteiger charge is 2.53. The maximum atomic E-state index is 12.6. The Morgan fingerprint density at radius 3 is 2.29 bits per heavy atom. The lowest BCUT2D eigenvalue weighted by Gasteiger charge is -2.56. The Hall–Kier alpha value is -1.64. The van der Waals surface area contributed by atoms with Crippen LogP contribution in [0.1, 0.15) is 44.2 Å². The maximum absolute atomic E-state index is 12.6. The van der Waals surface area contributed by atoms with Crippen LogP contribution < -0.4 is 5.56 Å². The Balaban J connectivity index is 1.70. The molecule has 1 N–H and O–H groups in total. The minimum Gasteiger partial charge on any atom is -0.319 e. The third-order valence-electron chi connectivity index (χ3n) is 6.14. The van der Waals surface area contributed by atoms with E-state index in [4.69, 9.17) is 4.98 Å². The minimum atomic E-state index is 0.0515. The van der Waals surface area contributed by atoms with Gasteiger partial charge in [-0.05, 0) is 68.4 Å². The van der Waals surface area contributed by atoms with Crippen molar-refractivity contribution in [3.8, 4) is 0 Å². The molecule has 0 saturated heterocycles. The fraction of sp³-hybridized carbons (Fsp3) is 0.556. The summed E-state index contributed by atoms with van der Waals surface area (Å²) in [6, 6.07) is 7.89. The predicted octanol–water partition coefficient (Wildman–Crippen LogP) is 3.39. The van der Waals surface area contributed by atoms with E-state index < -0.39 is 0 Å². The van der Waals surface area contributed by atoms with Gasteiger partial charge in [-0.1, -0.05) is 12.1 Å². The van der Waals surface area contributed by atoms with Gasteiger partial charge in [-0.3, -0.25) is 4.79 Å². The number of benzene rings is 1. The fourth-order valence-corrected chi connectivity index (χ4v) is 5.79. The number of rotatable bonds is 1. The monoisotopic (exact) mass is 280 g/mol. The summed E-state index contributed by atoms with van der Waals surface area (Å²) in [4.78, 5) is 20.5. The SMILES string of the molecule is O=c1[nH]c2ccccc2nc1C12CC3CC(CC(C3)C1)C2. The Kier molecular flexibility index (Phi) is 2.26. The molecule has 0 spiro atoms. The van der Waals surface area contributed by atoms with Crippen molar-refractivity contribution in [1.82, 2.24) is 9.97 Å². The summed E-state index contributed by atoms with van der Waals surface area (Å²) in [6.45, 7) is 0. The molecule has 21 heavy (non-hydrogen) atoms. The van der Waals surface area contributed by atoms with Crippen molar-refractivity contribution in [2.45, 2.75) is 43.9 Å². The number of nitrogens with one attached hydrogen (secondary N) is 1. The van der Waals surface area contributed by atoms with E-state index in [2.05, 4.69) is 4.98 Å². The second-order valence-electron chi connectivity index (χ2n) is 7.63. The Bertz CT molecular complexity index is 741. The van der Waals surface area contributed by atoms with E-state index >= 15 is 0 Å². The number of hydrogen-bond acceptors (Lipinski definition) is 2. The van der Waals surface area contributed by atoms with E-state index in [1.165, 1.54) is 38.5 Å². The number of H-pyrrole nitrogens is 1. The zero-order chi connectivity index (χ0) is 14.0. The van der Waals surface area contributed by atoms with Gasteiger partial charge in [0.2, 0.25) is 0 Å². The Morgan fingerprint density at radius 1 is 1.00 bits per heavy atom. The molecule has 0 radical (unpaired) electrons. The molecule has 2 aromatic rings. The molecule has 0 amide bonds. The van der Waals surface area contributed by atoms with E-state index in [1.54, 1.807) is 0 Å². The molecule has 0 atom stereocenters. The standard InChI is InChI=1S/C18H20N2O/c21-17-16(19-14-3-1-2-4-15(14)20-17)18-8-11-5-12(9-18)7-13(6-11)10-18/h1-4,11-13H,5-10H2,(H,20,21). The van der Waals surface area contributed by atoms with E-state index in [0.717, 1.165) is 34.5 Å². The van der Waals surface area contributed by atoms with Gasteiger partial charge in [0.1, 0.15) is 5.69 Å². The maximum Gasteiger partial charge on any atom is 0.270 e. The lowest BCUT2D eigenvalue weighted by atomic mass is 9.49. The highest BCUT2D eigenvalue weighted by Crippen LogP contribution is 2.59. The Morgan fingerprint density at radius 2 is 1.62 bits per heavy atom. The molecule has 4 bridgehead atoms. The smallest absolute Gasteiger partial charge is 0.270 e. The molecule has 3 heteroatoms. The van der Waals surface area contributed by atoms with Gasteiger partial charge in [-0.15, -0.1) is 0 Å². The van der Waals surface area contributed by atoms with E-state index in [9.17, 15) is 4.79 Å². The number of nitrogens with zero attached hydrogens (tertiary/aromatic N) is 1. The second-order valence-corrected chi connectivity index (χ2v) is 7.63. The Labute approximate surface area is 123 Å². The number of aromatic nitrogens is 2. The molecule has 4 aliphatic rings. The molecule has 0 aliphatic heterocycles. The summed E-state index contributed by atoms with van der Waals surface area (Å²) >= 11 is 0. The van der Waals surface area contributed by atoms with Crippen molar-refractivity contribution in [1.29, 1.82) is 0 Å². The van der Waals surface area contributed by atoms with Crippen LogP contribution in [0, 0.1) is 17.8 Å². The molecule has 4 saturated carbocycles. The number of aromatic amines is 1. The molecule has 6 rings (SSSR count). The number of para-hydroxylation sites is 2. The molecule has 0 unspecified atom stereocenters. The van der Waals surface area contributed by atoms with Crippen molar-refractivity contribution >= 4 is 11.0 Å². The summed E-state index contributed by atoms with van der Waals surface area (Å²) in [5.74, 6) is 2.51. The number of hydrogen-bond donors (Lipinski definition) is 1. The average molecular weight is 280 g/mol. The molecule has 1 aromatic carbocycles. The molecule has 1 aromatic heterocycles. The van der Waals surface area contributed by atoms with Crippen LogP contribution in [0.2, 0.25) is 0 Å². The van der Waals surface area contributed by atoms with Crippen molar-refractivity contribution in [3.63, 3.8) is 0 Å². The number of fused-ring (bicyclic) bond motifs is 1. The van der Waals surface area contributed by atoms with E-state index in [-0.39, 0.29) is 11.0 Å². The van der Waals surface area contributed by atoms with Gasteiger partial charge < -0.3 is 4.98 Å². The van der Waals surface area contributed by atoms with Crippen LogP contribution in [0.3, 0.4) is 0 Å². The average Bonchev–Trinajstić information content (AvgIpc) is 2.45. The van der Waals surface area contributed by atoms with Crippen LogP contribution >= 0.6 is 0 Å². The zero-order valence-electron chi connectivity index (χ0n) is 12.1. The van der Waals surface area contributed by atoms with Crippen molar-refractivity contribution in [2.24, 2.45) is 17.8 Å². The summed E-state index contributed by atoms with van der Waals surface area (Å²) < 4.78 is 0.